The van der Waals surface area contributed by atoms with E-state index in [-0.39, 0.29) is 22.6 Å². The second kappa shape index (κ2) is 7.06. The van der Waals surface area contributed by atoms with Crippen molar-refractivity contribution in [3.63, 3.8) is 0 Å². The lowest BCUT2D eigenvalue weighted by atomic mass is 10.1. The molecule has 0 atom stereocenters. The van der Waals surface area contributed by atoms with Crippen LogP contribution in [0.25, 0.3) is 0 Å². The van der Waals surface area contributed by atoms with Crippen LogP contribution in [0.5, 0.6) is 0 Å². The van der Waals surface area contributed by atoms with Gasteiger partial charge in [0.2, 0.25) is 11.5 Å². The zero-order valence-electron chi connectivity index (χ0n) is 12.9. The smallest absolute Gasteiger partial charge is 0.280 e. The number of nitrogens with one attached hydrogen (secondary N) is 1. The minimum Gasteiger partial charge on any atom is -0.378 e. The molecular weight excluding hydrogens is 333 g/mol. The number of aromatic nitrogens is 2. The maximum absolute atomic E-state index is 13.3. The average Bonchev–Trinajstić information content (AvgIpc) is 3.10. The molecule has 25 heavy (non-hydrogen) atoms. The number of carbonyl (C=O) groups is 2. The molecule has 0 saturated carbocycles. The number of carbonyl (C=O) groups excluding carboxylic acids is 2. The van der Waals surface area contributed by atoms with E-state index in [0.29, 0.717) is 26.3 Å². The molecule has 128 valence electrons. The zero-order chi connectivity index (χ0) is 17.8. The third-order valence-electron chi connectivity index (χ3n) is 3.57. The third kappa shape index (κ3) is 3.46. The molecule has 3 rings (SSSR count). The molecule has 0 bridgehead atoms. The summed E-state index contributed by atoms with van der Waals surface area (Å²) < 4.78 is 23.1. The molecule has 1 saturated heterocycles. The molecule has 1 fully saturated rings. The summed E-state index contributed by atoms with van der Waals surface area (Å²) in [6.45, 7) is 1.60. The van der Waals surface area contributed by atoms with E-state index in [2.05, 4.69) is 20.3 Å². The van der Waals surface area contributed by atoms with Crippen molar-refractivity contribution in [3.8, 4) is 6.07 Å². The molecule has 0 aliphatic carbocycles. The van der Waals surface area contributed by atoms with Crippen LogP contribution in [0, 0.1) is 17.1 Å². The first-order chi connectivity index (χ1) is 12.1. The minimum absolute atomic E-state index is 0.0331. The summed E-state index contributed by atoms with van der Waals surface area (Å²) >= 11 is 0. The summed E-state index contributed by atoms with van der Waals surface area (Å²) in [7, 11) is 0. The number of anilines is 1. The van der Waals surface area contributed by atoms with Gasteiger partial charge >= 0.3 is 0 Å². The van der Waals surface area contributed by atoms with Gasteiger partial charge in [0.15, 0.2) is 0 Å². The van der Waals surface area contributed by atoms with E-state index in [9.17, 15) is 14.0 Å². The number of hydrogen-bond donors (Lipinski definition) is 1. The van der Waals surface area contributed by atoms with Crippen molar-refractivity contribution < 1.29 is 23.3 Å². The number of hydrogen-bond acceptors (Lipinski definition) is 7. The number of benzene rings is 1. The fourth-order valence-electron chi connectivity index (χ4n) is 2.26. The second-order valence-electron chi connectivity index (χ2n) is 5.13. The predicted molar refractivity (Wildman–Crippen MR) is 80.1 cm³/mol. The molecule has 2 aromatic rings. The average molecular weight is 345 g/mol. The molecule has 9 nitrogen and oxygen atoms in total. The van der Waals surface area contributed by atoms with Crippen LogP contribution in [0.4, 0.5) is 10.2 Å². The molecule has 1 aromatic carbocycles. The van der Waals surface area contributed by atoms with Gasteiger partial charge in [0, 0.05) is 18.7 Å². The Morgan fingerprint density at radius 1 is 1.28 bits per heavy atom. The number of morpholine rings is 1. The van der Waals surface area contributed by atoms with E-state index < -0.39 is 17.6 Å². The molecule has 1 aliphatic heterocycles. The van der Waals surface area contributed by atoms with Crippen molar-refractivity contribution in [1.82, 2.24) is 15.2 Å². The molecule has 0 spiro atoms. The van der Waals surface area contributed by atoms with Crippen molar-refractivity contribution in [2.45, 2.75) is 0 Å². The molecule has 10 heteroatoms. The number of nitriles is 1. The van der Waals surface area contributed by atoms with Crippen LogP contribution >= 0.6 is 0 Å². The minimum atomic E-state index is -0.731. The highest BCUT2D eigenvalue weighted by Crippen LogP contribution is 2.16. The Balaban J connectivity index is 1.78. The van der Waals surface area contributed by atoms with E-state index in [4.69, 9.17) is 10.00 Å². The van der Waals surface area contributed by atoms with Crippen LogP contribution in [0.15, 0.2) is 22.8 Å². The lowest BCUT2D eigenvalue weighted by Crippen LogP contribution is -2.41. The highest BCUT2D eigenvalue weighted by Gasteiger charge is 2.26. The Morgan fingerprint density at radius 2 is 2.04 bits per heavy atom. The second-order valence-corrected chi connectivity index (χ2v) is 5.13. The molecule has 2 amide bonds. The molecule has 0 unspecified atom stereocenters. The number of nitrogens with zero attached hydrogens (tertiary/aromatic N) is 4. The molecule has 0 radical (unpaired) electrons. The van der Waals surface area contributed by atoms with Crippen LogP contribution in [0.2, 0.25) is 0 Å². The summed E-state index contributed by atoms with van der Waals surface area (Å²) in [6, 6.07) is 4.97. The van der Waals surface area contributed by atoms with Gasteiger partial charge in [-0.2, -0.15) is 5.26 Å². The number of rotatable bonds is 3. The Kier molecular flexibility index (Phi) is 4.67. The van der Waals surface area contributed by atoms with Crippen LogP contribution in [0.1, 0.15) is 26.4 Å². The Bertz CT molecular complexity index is 854. The summed E-state index contributed by atoms with van der Waals surface area (Å²) in [5.41, 5.74) is -0.376. The summed E-state index contributed by atoms with van der Waals surface area (Å²) in [5, 5.41) is 18.3. The largest absolute Gasteiger partial charge is 0.378 e. The first-order valence-corrected chi connectivity index (χ1v) is 7.30. The van der Waals surface area contributed by atoms with Crippen molar-refractivity contribution >= 4 is 17.6 Å². The Hall–Kier alpha value is -3.32. The topological polar surface area (TPSA) is 121 Å². The van der Waals surface area contributed by atoms with Gasteiger partial charge in [-0.15, -0.1) is 0 Å². The van der Waals surface area contributed by atoms with E-state index in [1.807, 2.05) is 0 Å². The van der Waals surface area contributed by atoms with E-state index in [0.717, 1.165) is 12.1 Å². The molecule has 1 aromatic heterocycles. The van der Waals surface area contributed by atoms with E-state index in [1.54, 1.807) is 6.07 Å². The van der Waals surface area contributed by atoms with Crippen LogP contribution in [-0.4, -0.2) is 53.3 Å². The summed E-state index contributed by atoms with van der Waals surface area (Å²) in [4.78, 5) is 26.2. The van der Waals surface area contributed by atoms with Gasteiger partial charge in [0.05, 0.1) is 18.8 Å². The first-order valence-electron chi connectivity index (χ1n) is 7.30. The maximum Gasteiger partial charge on any atom is 0.280 e. The van der Waals surface area contributed by atoms with E-state index >= 15 is 0 Å². The molecule has 2 heterocycles. The van der Waals surface area contributed by atoms with Gasteiger partial charge < -0.3 is 15.0 Å². The van der Waals surface area contributed by atoms with Gasteiger partial charge in [-0.3, -0.25) is 9.59 Å². The Labute approximate surface area is 140 Å². The standard InChI is InChI=1S/C15H12FN5O4/c16-11-2-1-9(7-10(11)8-17)14(22)18-13-12(19-25-20-13)15(23)21-3-5-24-6-4-21/h1-2,7H,3-6H2,(H,18,20,22). The summed E-state index contributed by atoms with van der Waals surface area (Å²) in [5.74, 6) is -2.01. The number of halogens is 1. The summed E-state index contributed by atoms with van der Waals surface area (Å²) in [6.07, 6.45) is 0. The van der Waals surface area contributed by atoms with Gasteiger partial charge in [-0.05, 0) is 28.5 Å². The van der Waals surface area contributed by atoms with Gasteiger partial charge in [0.1, 0.15) is 11.9 Å². The molecular formula is C15H12FN5O4. The van der Waals surface area contributed by atoms with Crippen LogP contribution < -0.4 is 5.32 Å². The molecule has 1 N–H and O–H groups in total. The monoisotopic (exact) mass is 345 g/mol. The Morgan fingerprint density at radius 3 is 2.76 bits per heavy atom. The molecule has 1 aliphatic rings. The first kappa shape index (κ1) is 16.5. The van der Waals surface area contributed by atoms with Crippen molar-refractivity contribution in [2.24, 2.45) is 0 Å². The van der Waals surface area contributed by atoms with Crippen LogP contribution in [-0.2, 0) is 4.74 Å². The normalized spacial score (nSPS) is 14.0. The number of amides is 2. The fraction of sp³-hybridized carbons (Fsp3) is 0.267. The quantitative estimate of drug-likeness (QED) is 0.873. The number of ether oxygens (including phenoxy) is 1. The van der Waals surface area contributed by atoms with Crippen molar-refractivity contribution in [1.29, 1.82) is 5.26 Å². The third-order valence-corrected chi connectivity index (χ3v) is 3.57. The van der Waals surface area contributed by atoms with Gasteiger partial charge in [-0.25, -0.2) is 9.02 Å². The van der Waals surface area contributed by atoms with Gasteiger partial charge in [0.25, 0.3) is 11.8 Å². The predicted octanol–water partition coefficient (Wildman–Crippen LogP) is 0.805. The maximum atomic E-state index is 13.3. The van der Waals surface area contributed by atoms with Crippen LogP contribution in [0.3, 0.4) is 0 Å². The highest BCUT2D eigenvalue weighted by atomic mass is 19.1. The zero-order valence-corrected chi connectivity index (χ0v) is 12.9. The van der Waals surface area contributed by atoms with Crippen molar-refractivity contribution in [2.75, 3.05) is 31.6 Å². The fourth-order valence-corrected chi connectivity index (χ4v) is 2.26. The lowest BCUT2D eigenvalue weighted by molar-refractivity contribution is 0.0296. The SMILES string of the molecule is N#Cc1cc(C(=O)Nc2nonc2C(=O)N2CCOCC2)ccc1F. The van der Waals surface area contributed by atoms with Gasteiger partial charge in [-0.1, -0.05) is 0 Å². The van der Waals surface area contributed by atoms with E-state index in [1.165, 1.54) is 11.0 Å². The van der Waals surface area contributed by atoms with Crippen molar-refractivity contribution in [3.05, 3.63) is 40.8 Å². The highest BCUT2D eigenvalue weighted by molar-refractivity contribution is 6.07. The lowest BCUT2D eigenvalue weighted by Gasteiger charge is -2.25.